The van der Waals surface area contributed by atoms with E-state index in [9.17, 15) is 0 Å². The van der Waals surface area contributed by atoms with E-state index in [4.69, 9.17) is 9.47 Å². The number of thiophene rings is 1. The Bertz CT molecular complexity index is 579. The number of anilines is 1. The molecule has 1 spiro atoms. The predicted molar refractivity (Wildman–Crippen MR) is 68.9 cm³/mol. The molecule has 2 aliphatic rings. The predicted octanol–water partition coefficient (Wildman–Crippen LogP) is 1.64. The third-order valence-corrected chi connectivity index (χ3v) is 4.37. The first-order valence-electron chi connectivity index (χ1n) is 6.07. The summed E-state index contributed by atoms with van der Waals surface area (Å²) in [6.45, 7) is 3.08. The number of ether oxygens (including phenoxy) is 2. The van der Waals surface area contributed by atoms with Gasteiger partial charge in [0.1, 0.15) is 17.0 Å². The van der Waals surface area contributed by atoms with Crippen LogP contribution >= 0.6 is 11.3 Å². The molecule has 0 aliphatic carbocycles. The van der Waals surface area contributed by atoms with E-state index in [1.54, 1.807) is 17.7 Å². The summed E-state index contributed by atoms with van der Waals surface area (Å²) in [5.74, 6) is 0.602. The van der Waals surface area contributed by atoms with E-state index < -0.39 is 5.79 Å². The molecular formula is C12H13N3O2S. The van der Waals surface area contributed by atoms with Crippen molar-refractivity contribution in [3.05, 3.63) is 17.8 Å². The number of hydrogen-bond donors (Lipinski definition) is 0. The van der Waals surface area contributed by atoms with Crippen molar-refractivity contribution in [2.45, 2.75) is 12.2 Å². The van der Waals surface area contributed by atoms with Crippen molar-refractivity contribution in [3.8, 4) is 0 Å². The number of rotatable bonds is 1. The Labute approximate surface area is 108 Å². The number of nitrogens with zero attached hydrogens (tertiary/aromatic N) is 3. The topological polar surface area (TPSA) is 47.5 Å². The molecule has 0 unspecified atom stereocenters. The van der Waals surface area contributed by atoms with Crippen molar-refractivity contribution in [2.75, 3.05) is 31.2 Å². The average molecular weight is 263 g/mol. The third-order valence-electron chi connectivity index (χ3n) is 3.55. The van der Waals surface area contributed by atoms with Gasteiger partial charge in [-0.05, 0) is 11.4 Å². The fourth-order valence-corrected chi connectivity index (χ4v) is 3.42. The van der Waals surface area contributed by atoms with E-state index in [-0.39, 0.29) is 0 Å². The lowest BCUT2D eigenvalue weighted by atomic mass is 10.2. The number of fused-ring (bicyclic) bond motifs is 1. The van der Waals surface area contributed by atoms with Crippen LogP contribution in [0.5, 0.6) is 0 Å². The van der Waals surface area contributed by atoms with Crippen LogP contribution in [-0.2, 0) is 9.47 Å². The minimum Gasteiger partial charge on any atom is -0.350 e. The Kier molecular flexibility index (Phi) is 2.30. The maximum Gasteiger partial charge on any atom is 0.187 e. The Morgan fingerprint density at radius 1 is 1.28 bits per heavy atom. The first kappa shape index (κ1) is 10.7. The fraction of sp³-hybridized carbons (Fsp3) is 0.500. The number of hydrogen-bond acceptors (Lipinski definition) is 6. The Hall–Kier alpha value is -1.24. The van der Waals surface area contributed by atoms with Crippen molar-refractivity contribution in [2.24, 2.45) is 0 Å². The molecule has 0 N–H and O–H groups in total. The van der Waals surface area contributed by atoms with E-state index in [0.717, 1.165) is 35.5 Å². The van der Waals surface area contributed by atoms with Crippen molar-refractivity contribution in [3.63, 3.8) is 0 Å². The van der Waals surface area contributed by atoms with Crippen LogP contribution in [0.3, 0.4) is 0 Å². The smallest absolute Gasteiger partial charge is 0.187 e. The highest BCUT2D eigenvalue weighted by Gasteiger charge is 2.44. The van der Waals surface area contributed by atoms with Gasteiger partial charge in [0.25, 0.3) is 0 Å². The molecule has 0 aromatic carbocycles. The molecule has 0 atom stereocenters. The van der Waals surface area contributed by atoms with Gasteiger partial charge in [0.05, 0.1) is 25.1 Å². The van der Waals surface area contributed by atoms with Gasteiger partial charge in [-0.25, -0.2) is 9.97 Å². The summed E-state index contributed by atoms with van der Waals surface area (Å²) >= 11 is 1.64. The second-order valence-electron chi connectivity index (χ2n) is 4.62. The first-order chi connectivity index (χ1) is 8.86. The highest BCUT2D eigenvalue weighted by molar-refractivity contribution is 7.16. The van der Waals surface area contributed by atoms with Gasteiger partial charge < -0.3 is 14.4 Å². The molecule has 94 valence electrons. The Morgan fingerprint density at radius 3 is 3.06 bits per heavy atom. The van der Waals surface area contributed by atoms with Crippen molar-refractivity contribution < 1.29 is 9.47 Å². The van der Waals surface area contributed by atoms with E-state index in [1.807, 2.05) is 0 Å². The average Bonchev–Trinajstić information content (AvgIpc) is 3.11. The van der Waals surface area contributed by atoms with Crippen LogP contribution in [0.25, 0.3) is 10.2 Å². The normalized spacial score (nSPS) is 22.3. The minimum atomic E-state index is -0.396. The molecule has 0 bridgehead atoms. The van der Waals surface area contributed by atoms with Gasteiger partial charge >= 0.3 is 0 Å². The SMILES string of the molecule is c1nc(N2CCC3(C2)OCCO3)c2ccsc2n1. The van der Waals surface area contributed by atoms with E-state index >= 15 is 0 Å². The summed E-state index contributed by atoms with van der Waals surface area (Å²) in [7, 11) is 0. The van der Waals surface area contributed by atoms with Gasteiger partial charge in [-0.1, -0.05) is 0 Å². The molecule has 2 fully saturated rings. The molecule has 2 aromatic rings. The number of aromatic nitrogens is 2. The van der Waals surface area contributed by atoms with Gasteiger partial charge in [0, 0.05) is 13.0 Å². The van der Waals surface area contributed by atoms with Crippen LogP contribution in [0.1, 0.15) is 6.42 Å². The largest absolute Gasteiger partial charge is 0.350 e. The van der Waals surface area contributed by atoms with Crippen LogP contribution < -0.4 is 4.90 Å². The molecule has 4 heterocycles. The Balaban J connectivity index is 1.70. The molecule has 4 rings (SSSR count). The molecule has 5 nitrogen and oxygen atoms in total. The summed E-state index contributed by atoms with van der Waals surface area (Å²) in [5.41, 5.74) is 0. The highest BCUT2D eigenvalue weighted by Crippen LogP contribution is 2.35. The molecule has 0 amide bonds. The fourth-order valence-electron chi connectivity index (χ4n) is 2.70. The zero-order chi connectivity index (χ0) is 12.0. The van der Waals surface area contributed by atoms with E-state index in [2.05, 4.69) is 26.3 Å². The molecule has 6 heteroatoms. The maximum atomic E-state index is 5.74. The Morgan fingerprint density at radius 2 is 2.17 bits per heavy atom. The summed E-state index contributed by atoms with van der Waals surface area (Å²) in [6, 6.07) is 2.08. The molecule has 0 radical (unpaired) electrons. The lowest BCUT2D eigenvalue weighted by molar-refractivity contribution is -0.137. The summed E-state index contributed by atoms with van der Waals surface area (Å²) < 4.78 is 11.5. The third kappa shape index (κ3) is 1.53. The van der Waals surface area contributed by atoms with Crippen molar-refractivity contribution in [1.29, 1.82) is 0 Å². The van der Waals surface area contributed by atoms with Crippen LogP contribution in [0.2, 0.25) is 0 Å². The second-order valence-corrected chi connectivity index (χ2v) is 5.51. The summed E-state index contributed by atoms with van der Waals surface area (Å²) in [4.78, 5) is 12.0. The highest BCUT2D eigenvalue weighted by atomic mass is 32.1. The molecule has 2 aliphatic heterocycles. The van der Waals surface area contributed by atoms with Gasteiger partial charge in [-0.15, -0.1) is 11.3 Å². The monoisotopic (exact) mass is 263 g/mol. The maximum absolute atomic E-state index is 5.74. The molecule has 2 aromatic heterocycles. The molecular weight excluding hydrogens is 250 g/mol. The van der Waals surface area contributed by atoms with Crippen LogP contribution in [0.4, 0.5) is 5.82 Å². The van der Waals surface area contributed by atoms with Gasteiger partial charge in [-0.2, -0.15) is 0 Å². The van der Waals surface area contributed by atoms with E-state index in [1.165, 1.54) is 0 Å². The van der Waals surface area contributed by atoms with Crippen LogP contribution in [-0.4, -0.2) is 42.1 Å². The standard InChI is InChI=1S/C12H13N3O2S/c1-6-18-11-9(1)10(13-8-14-11)15-3-2-12(7-15)16-4-5-17-12/h1,6,8H,2-5,7H2. The van der Waals surface area contributed by atoms with Gasteiger partial charge in [-0.3, -0.25) is 0 Å². The van der Waals surface area contributed by atoms with Crippen molar-refractivity contribution in [1.82, 2.24) is 9.97 Å². The lowest BCUT2D eigenvalue weighted by Gasteiger charge is -2.23. The minimum absolute atomic E-state index is 0.396. The quantitative estimate of drug-likeness (QED) is 0.783. The van der Waals surface area contributed by atoms with Crippen LogP contribution in [0.15, 0.2) is 17.8 Å². The zero-order valence-corrected chi connectivity index (χ0v) is 10.7. The van der Waals surface area contributed by atoms with E-state index in [0.29, 0.717) is 13.2 Å². The zero-order valence-electron chi connectivity index (χ0n) is 9.83. The first-order valence-corrected chi connectivity index (χ1v) is 6.95. The van der Waals surface area contributed by atoms with Gasteiger partial charge in [0.2, 0.25) is 0 Å². The molecule has 2 saturated heterocycles. The summed E-state index contributed by atoms with van der Waals surface area (Å²) in [5, 5.41) is 3.18. The lowest BCUT2D eigenvalue weighted by Crippen LogP contribution is -2.34. The second kappa shape index (κ2) is 3.88. The van der Waals surface area contributed by atoms with Crippen LogP contribution in [0, 0.1) is 0 Å². The molecule has 18 heavy (non-hydrogen) atoms. The molecule has 0 saturated carbocycles. The van der Waals surface area contributed by atoms with Gasteiger partial charge in [0.15, 0.2) is 5.79 Å². The summed E-state index contributed by atoms with van der Waals surface area (Å²) in [6.07, 6.45) is 2.54. The van der Waals surface area contributed by atoms with Crippen molar-refractivity contribution >= 4 is 27.4 Å².